The summed E-state index contributed by atoms with van der Waals surface area (Å²) in [6, 6.07) is 12.2. The number of nitrogen functional groups attached to an aromatic ring is 1. The minimum absolute atomic E-state index is 0.393. The first-order valence-corrected chi connectivity index (χ1v) is 5.80. The van der Waals surface area contributed by atoms with Gasteiger partial charge in [0, 0.05) is 5.69 Å². The quantitative estimate of drug-likeness (QED) is 0.833. The van der Waals surface area contributed by atoms with E-state index >= 15 is 0 Å². The number of carboxylic acids is 1. The fourth-order valence-electron chi connectivity index (χ4n) is 2.03. The van der Waals surface area contributed by atoms with E-state index in [2.05, 4.69) is 0 Å². The number of anilines is 1. The molecule has 0 radical (unpaired) electrons. The molecule has 0 heterocycles. The van der Waals surface area contributed by atoms with Gasteiger partial charge in [-0.05, 0) is 42.3 Å². The second-order valence-electron chi connectivity index (χ2n) is 4.56. The monoisotopic (exact) mass is 259 g/mol. The smallest absolute Gasteiger partial charge is 0.318 e. The van der Waals surface area contributed by atoms with Gasteiger partial charge in [-0.2, -0.15) is 0 Å². The zero-order chi connectivity index (χ0) is 14.0. The molecule has 3 N–H and O–H groups in total. The van der Waals surface area contributed by atoms with Crippen LogP contribution in [0.4, 0.5) is 10.1 Å². The molecule has 4 heteroatoms. The van der Waals surface area contributed by atoms with E-state index in [0.29, 0.717) is 16.8 Å². The Morgan fingerprint density at radius 2 is 1.79 bits per heavy atom. The van der Waals surface area contributed by atoms with Crippen molar-refractivity contribution in [3.63, 3.8) is 0 Å². The van der Waals surface area contributed by atoms with Gasteiger partial charge < -0.3 is 10.8 Å². The summed E-state index contributed by atoms with van der Waals surface area (Å²) in [6.07, 6.45) is 0. The van der Waals surface area contributed by atoms with Gasteiger partial charge in [0.2, 0.25) is 0 Å². The highest BCUT2D eigenvalue weighted by Gasteiger charge is 2.37. The molecule has 2 rings (SSSR count). The van der Waals surface area contributed by atoms with Crippen LogP contribution in [-0.4, -0.2) is 11.1 Å². The van der Waals surface area contributed by atoms with Gasteiger partial charge >= 0.3 is 5.97 Å². The standard InChI is InChI=1S/C15H14FNO2/c1-15(14(18)19,10-5-7-13(17)8-6-10)11-3-2-4-12(16)9-11/h2-9H,17H2,1H3,(H,18,19). The molecule has 0 aliphatic rings. The third-order valence-corrected chi connectivity index (χ3v) is 3.32. The van der Waals surface area contributed by atoms with Crippen molar-refractivity contribution in [2.45, 2.75) is 12.3 Å². The van der Waals surface area contributed by atoms with Gasteiger partial charge in [0.1, 0.15) is 11.2 Å². The number of aliphatic carboxylic acids is 1. The van der Waals surface area contributed by atoms with Crippen molar-refractivity contribution < 1.29 is 14.3 Å². The first-order chi connectivity index (χ1) is 8.94. The van der Waals surface area contributed by atoms with Crippen molar-refractivity contribution in [2.75, 3.05) is 5.73 Å². The van der Waals surface area contributed by atoms with Gasteiger partial charge in [0.05, 0.1) is 0 Å². The van der Waals surface area contributed by atoms with Crippen LogP contribution < -0.4 is 5.73 Å². The molecule has 3 nitrogen and oxygen atoms in total. The topological polar surface area (TPSA) is 63.3 Å². The van der Waals surface area contributed by atoms with Crippen LogP contribution >= 0.6 is 0 Å². The predicted octanol–water partition coefficient (Wildman–Crippen LogP) is 2.80. The van der Waals surface area contributed by atoms with E-state index in [0.717, 1.165) is 0 Å². The highest BCUT2D eigenvalue weighted by Crippen LogP contribution is 2.33. The lowest BCUT2D eigenvalue weighted by Crippen LogP contribution is -2.33. The molecule has 1 unspecified atom stereocenters. The lowest BCUT2D eigenvalue weighted by Gasteiger charge is -2.26. The fourth-order valence-corrected chi connectivity index (χ4v) is 2.03. The van der Waals surface area contributed by atoms with E-state index in [-0.39, 0.29) is 0 Å². The maximum absolute atomic E-state index is 13.3. The van der Waals surface area contributed by atoms with Gasteiger partial charge in [-0.25, -0.2) is 4.39 Å². The highest BCUT2D eigenvalue weighted by molar-refractivity contribution is 5.85. The molecule has 0 aromatic heterocycles. The van der Waals surface area contributed by atoms with Gasteiger partial charge in [-0.1, -0.05) is 24.3 Å². The van der Waals surface area contributed by atoms with Crippen LogP contribution in [0.25, 0.3) is 0 Å². The van der Waals surface area contributed by atoms with E-state index in [1.54, 1.807) is 37.3 Å². The first kappa shape index (κ1) is 13.1. The summed E-state index contributed by atoms with van der Waals surface area (Å²) in [6.45, 7) is 1.55. The molecule has 0 aliphatic heterocycles. The first-order valence-electron chi connectivity index (χ1n) is 5.80. The van der Waals surface area contributed by atoms with Gasteiger partial charge in [-0.3, -0.25) is 4.79 Å². The Bertz CT molecular complexity index is 610. The Labute approximate surface area is 110 Å². The van der Waals surface area contributed by atoms with E-state index in [1.165, 1.54) is 18.2 Å². The third-order valence-electron chi connectivity index (χ3n) is 3.32. The molecular weight excluding hydrogens is 245 g/mol. The second-order valence-corrected chi connectivity index (χ2v) is 4.56. The number of carboxylic acid groups (broad SMARTS) is 1. The van der Waals surface area contributed by atoms with Crippen LogP contribution in [0.5, 0.6) is 0 Å². The van der Waals surface area contributed by atoms with Crippen molar-refractivity contribution in [3.05, 3.63) is 65.5 Å². The Balaban J connectivity index is 2.61. The van der Waals surface area contributed by atoms with Crippen LogP contribution in [-0.2, 0) is 10.2 Å². The van der Waals surface area contributed by atoms with Crippen molar-refractivity contribution >= 4 is 11.7 Å². The molecule has 98 valence electrons. The second kappa shape index (κ2) is 4.72. The third kappa shape index (κ3) is 2.29. The summed E-state index contributed by atoms with van der Waals surface area (Å²) in [5, 5.41) is 9.55. The van der Waals surface area contributed by atoms with E-state index in [4.69, 9.17) is 5.73 Å². The van der Waals surface area contributed by atoms with Crippen molar-refractivity contribution in [2.24, 2.45) is 0 Å². The lowest BCUT2D eigenvalue weighted by molar-refractivity contribution is -0.141. The largest absolute Gasteiger partial charge is 0.480 e. The molecule has 0 amide bonds. The Kier molecular flexibility index (Phi) is 3.25. The zero-order valence-corrected chi connectivity index (χ0v) is 10.4. The van der Waals surface area contributed by atoms with E-state index < -0.39 is 17.2 Å². The van der Waals surface area contributed by atoms with Crippen LogP contribution in [0.1, 0.15) is 18.1 Å². The normalized spacial score (nSPS) is 13.8. The molecule has 0 spiro atoms. The summed E-state index contributed by atoms with van der Waals surface area (Å²) < 4.78 is 13.3. The molecule has 2 aromatic carbocycles. The fraction of sp³-hybridized carbons (Fsp3) is 0.133. The number of carbonyl (C=O) groups is 1. The minimum Gasteiger partial charge on any atom is -0.480 e. The molecule has 0 saturated heterocycles. The number of halogens is 1. The summed E-state index contributed by atoms with van der Waals surface area (Å²) in [4.78, 5) is 11.7. The molecule has 19 heavy (non-hydrogen) atoms. The minimum atomic E-state index is -1.31. The maximum atomic E-state index is 13.3. The predicted molar refractivity (Wildman–Crippen MR) is 71.3 cm³/mol. The van der Waals surface area contributed by atoms with Crippen molar-refractivity contribution in [1.29, 1.82) is 0 Å². The summed E-state index contributed by atoms with van der Waals surface area (Å²) in [5.74, 6) is -1.50. The lowest BCUT2D eigenvalue weighted by atomic mass is 9.76. The Morgan fingerprint density at radius 1 is 1.16 bits per heavy atom. The van der Waals surface area contributed by atoms with Gasteiger partial charge in [0.15, 0.2) is 0 Å². The number of rotatable bonds is 3. The molecule has 1 atom stereocenters. The number of hydrogen-bond acceptors (Lipinski definition) is 2. The molecule has 0 aliphatic carbocycles. The number of nitrogens with two attached hydrogens (primary N) is 1. The Morgan fingerprint density at radius 3 is 2.32 bits per heavy atom. The molecule has 2 aromatic rings. The number of benzene rings is 2. The van der Waals surface area contributed by atoms with Crippen molar-refractivity contribution in [1.82, 2.24) is 0 Å². The molecular formula is C15H14FNO2. The zero-order valence-electron chi connectivity index (χ0n) is 10.4. The van der Waals surface area contributed by atoms with Crippen LogP contribution in [0.3, 0.4) is 0 Å². The SMILES string of the molecule is CC(C(=O)O)(c1ccc(N)cc1)c1cccc(F)c1. The molecule has 0 saturated carbocycles. The maximum Gasteiger partial charge on any atom is 0.318 e. The summed E-state index contributed by atoms with van der Waals surface area (Å²) in [5.41, 5.74) is 5.79. The van der Waals surface area contributed by atoms with Crippen molar-refractivity contribution in [3.8, 4) is 0 Å². The van der Waals surface area contributed by atoms with Gasteiger partial charge in [0.25, 0.3) is 0 Å². The average molecular weight is 259 g/mol. The molecule has 0 fully saturated rings. The summed E-state index contributed by atoms with van der Waals surface area (Å²) >= 11 is 0. The number of hydrogen-bond donors (Lipinski definition) is 2. The van der Waals surface area contributed by atoms with Crippen LogP contribution in [0.2, 0.25) is 0 Å². The van der Waals surface area contributed by atoms with Crippen LogP contribution in [0.15, 0.2) is 48.5 Å². The summed E-state index contributed by atoms with van der Waals surface area (Å²) in [7, 11) is 0. The van der Waals surface area contributed by atoms with E-state index in [9.17, 15) is 14.3 Å². The average Bonchev–Trinajstić information content (AvgIpc) is 2.38. The van der Waals surface area contributed by atoms with Gasteiger partial charge in [-0.15, -0.1) is 0 Å². The van der Waals surface area contributed by atoms with E-state index in [1.807, 2.05) is 0 Å². The Hall–Kier alpha value is -2.36. The highest BCUT2D eigenvalue weighted by atomic mass is 19.1. The van der Waals surface area contributed by atoms with Crippen LogP contribution in [0, 0.1) is 5.82 Å². The molecule has 0 bridgehead atoms.